The first-order valence-electron chi connectivity index (χ1n) is 6.56. The van der Waals surface area contributed by atoms with E-state index in [9.17, 15) is 18.0 Å². The third kappa shape index (κ3) is 7.40. The van der Waals surface area contributed by atoms with Gasteiger partial charge in [0.1, 0.15) is 5.78 Å². The second-order valence-corrected chi connectivity index (χ2v) is 5.07. The highest BCUT2D eigenvalue weighted by atomic mass is 19.4. The highest BCUT2D eigenvalue weighted by Gasteiger charge is 2.26. The van der Waals surface area contributed by atoms with Crippen LogP contribution in [-0.2, 0) is 4.79 Å². The first-order chi connectivity index (χ1) is 7.97. The van der Waals surface area contributed by atoms with Gasteiger partial charge in [-0.2, -0.15) is 13.2 Å². The largest absolute Gasteiger partial charge is 0.389 e. The highest BCUT2D eigenvalue weighted by molar-refractivity contribution is 5.78. The summed E-state index contributed by atoms with van der Waals surface area (Å²) in [5, 5.41) is 0. The quantitative estimate of drug-likeness (QED) is 0.649. The Morgan fingerprint density at radius 1 is 1.06 bits per heavy atom. The van der Waals surface area contributed by atoms with Crippen LogP contribution >= 0.6 is 0 Å². The second kappa shape index (κ2) is 7.02. The lowest BCUT2D eigenvalue weighted by atomic mass is 9.93. The molecule has 1 nitrogen and oxygen atoms in total. The predicted octanol–water partition coefficient (Wildman–Crippen LogP) is 4.65. The van der Waals surface area contributed by atoms with Crippen molar-refractivity contribution in [3.05, 3.63) is 0 Å². The molecule has 0 aromatic heterocycles. The Bertz CT molecular complexity index is 227. The lowest BCUT2D eigenvalue weighted by Crippen LogP contribution is -2.11. The van der Waals surface area contributed by atoms with Crippen LogP contribution in [0.1, 0.15) is 64.2 Å². The normalized spacial score (nSPS) is 19.0. The second-order valence-electron chi connectivity index (χ2n) is 5.07. The molecule has 1 aliphatic rings. The molecule has 4 heteroatoms. The van der Waals surface area contributed by atoms with Crippen LogP contribution in [0.4, 0.5) is 13.2 Å². The number of Topliss-reactive ketones (excluding diaryl/α,β-unsaturated/α-hetero) is 1. The van der Waals surface area contributed by atoms with Crippen molar-refractivity contribution in [1.29, 1.82) is 0 Å². The van der Waals surface area contributed by atoms with E-state index in [0.29, 0.717) is 12.3 Å². The van der Waals surface area contributed by atoms with Crippen LogP contribution in [0.3, 0.4) is 0 Å². The van der Waals surface area contributed by atoms with E-state index in [1.807, 2.05) is 0 Å². The minimum absolute atomic E-state index is 0.0150. The Balaban J connectivity index is 2.15. The first kappa shape index (κ1) is 14.5. The van der Waals surface area contributed by atoms with E-state index in [-0.39, 0.29) is 18.6 Å². The van der Waals surface area contributed by atoms with Crippen molar-refractivity contribution in [2.75, 3.05) is 0 Å². The van der Waals surface area contributed by atoms with Crippen molar-refractivity contribution >= 4 is 5.78 Å². The minimum Gasteiger partial charge on any atom is -0.300 e. The summed E-state index contributed by atoms with van der Waals surface area (Å²) in [6.07, 6.45) is 2.55. The molecule has 0 atom stereocenters. The fourth-order valence-electron chi connectivity index (χ4n) is 2.48. The third-order valence-electron chi connectivity index (χ3n) is 3.41. The Hall–Kier alpha value is -0.540. The smallest absolute Gasteiger partial charge is 0.300 e. The summed E-state index contributed by atoms with van der Waals surface area (Å²) >= 11 is 0. The number of halogens is 3. The summed E-state index contributed by atoms with van der Waals surface area (Å²) in [6.45, 7) is 0. The lowest BCUT2D eigenvalue weighted by Gasteiger charge is -2.12. The van der Waals surface area contributed by atoms with E-state index in [1.165, 1.54) is 25.7 Å². The van der Waals surface area contributed by atoms with Crippen LogP contribution in [0.2, 0.25) is 0 Å². The van der Waals surface area contributed by atoms with E-state index in [2.05, 4.69) is 0 Å². The van der Waals surface area contributed by atoms with Gasteiger partial charge in [0, 0.05) is 19.3 Å². The van der Waals surface area contributed by atoms with Gasteiger partial charge in [-0.3, -0.25) is 4.79 Å². The molecule has 0 amide bonds. The molecule has 0 radical (unpaired) electrons. The van der Waals surface area contributed by atoms with Gasteiger partial charge in [0.2, 0.25) is 0 Å². The SMILES string of the molecule is O=C(CCCC(F)(F)F)CC1CCCCCC1. The number of hydrogen-bond acceptors (Lipinski definition) is 1. The molecular weight excluding hydrogens is 229 g/mol. The number of carbonyl (C=O) groups excluding carboxylic acids is 1. The number of ketones is 1. The molecule has 1 rings (SSSR count). The molecule has 0 spiro atoms. The summed E-state index contributed by atoms with van der Waals surface area (Å²) in [5.74, 6) is 0.442. The number of hydrogen-bond donors (Lipinski definition) is 0. The summed E-state index contributed by atoms with van der Waals surface area (Å²) in [6, 6.07) is 0. The fraction of sp³-hybridized carbons (Fsp3) is 0.923. The number of alkyl halides is 3. The minimum atomic E-state index is -4.12. The summed E-state index contributed by atoms with van der Waals surface area (Å²) in [5.41, 5.74) is 0. The van der Waals surface area contributed by atoms with Gasteiger partial charge in [-0.1, -0.05) is 38.5 Å². The third-order valence-corrected chi connectivity index (χ3v) is 3.41. The maximum Gasteiger partial charge on any atom is 0.389 e. The molecule has 0 saturated heterocycles. The molecule has 0 bridgehead atoms. The van der Waals surface area contributed by atoms with Gasteiger partial charge >= 0.3 is 6.18 Å². The summed E-state index contributed by atoms with van der Waals surface area (Å²) < 4.78 is 35.7. The van der Waals surface area contributed by atoms with Crippen molar-refractivity contribution in [3.8, 4) is 0 Å². The van der Waals surface area contributed by atoms with Gasteiger partial charge in [0.05, 0.1) is 0 Å². The molecule has 0 aliphatic heterocycles. The van der Waals surface area contributed by atoms with Crippen LogP contribution in [0.25, 0.3) is 0 Å². The van der Waals surface area contributed by atoms with E-state index in [1.54, 1.807) is 0 Å². The molecule has 17 heavy (non-hydrogen) atoms. The fourth-order valence-corrected chi connectivity index (χ4v) is 2.48. The van der Waals surface area contributed by atoms with Gasteiger partial charge < -0.3 is 0 Å². The van der Waals surface area contributed by atoms with Crippen molar-refractivity contribution in [2.24, 2.45) is 5.92 Å². The van der Waals surface area contributed by atoms with Crippen molar-refractivity contribution in [3.63, 3.8) is 0 Å². The zero-order valence-electron chi connectivity index (χ0n) is 10.2. The highest BCUT2D eigenvalue weighted by Crippen LogP contribution is 2.27. The van der Waals surface area contributed by atoms with E-state index in [0.717, 1.165) is 12.8 Å². The monoisotopic (exact) mass is 250 g/mol. The molecule has 0 aromatic rings. The molecule has 1 saturated carbocycles. The molecule has 100 valence electrons. The predicted molar refractivity (Wildman–Crippen MR) is 60.7 cm³/mol. The maximum absolute atomic E-state index is 11.9. The van der Waals surface area contributed by atoms with Crippen molar-refractivity contribution in [1.82, 2.24) is 0 Å². The lowest BCUT2D eigenvalue weighted by molar-refractivity contribution is -0.137. The maximum atomic E-state index is 11.9. The molecule has 0 unspecified atom stereocenters. The molecule has 1 fully saturated rings. The van der Waals surface area contributed by atoms with E-state index >= 15 is 0 Å². The number of carbonyl (C=O) groups is 1. The molecule has 0 heterocycles. The van der Waals surface area contributed by atoms with Crippen LogP contribution < -0.4 is 0 Å². The number of rotatable bonds is 5. The van der Waals surface area contributed by atoms with Gasteiger partial charge in [-0.05, 0) is 12.3 Å². The molecular formula is C13H21F3O. The molecule has 0 N–H and O–H groups in total. The first-order valence-corrected chi connectivity index (χ1v) is 6.56. The van der Waals surface area contributed by atoms with E-state index < -0.39 is 12.6 Å². The average Bonchev–Trinajstić information content (AvgIpc) is 2.44. The average molecular weight is 250 g/mol. The van der Waals surface area contributed by atoms with Crippen LogP contribution in [0, 0.1) is 5.92 Å². The molecule has 1 aliphatic carbocycles. The Labute approximate surface area is 101 Å². The topological polar surface area (TPSA) is 17.1 Å². The van der Waals surface area contributed by atoms with Gasteiger partial charge in [-0.25, -0.2) is 0 Å². The van der Waals surface area contributed by atoms with Gasteiger partial charge in [0.25, 0.3) is 0 Å². The van der Waals surface area contributed by atoms with E-state index in [4.69, 9.17) is 0 Å². The zero-order valence-corrected chi connectivity index (χ0v) is 10.2. The van der Waals surface area contributed by atoms with Gasteiger partial charge in [0.15, 0.2) is 0 Å². The Morgan fingerprint density at radius 2 is 1.65 bits per heavy atom. The van der Waals surface area contributed by atoms with Crippen molar-refractivity contribution < 1.29 is 18.0 Å². The molecule has 0 aromatic carbocycles. The van der Waals surface area contributed by atoms with Crippen LogP contribution in [0.15, 0.2) is 0 Å². The Kier molecular flexibility index (Phi) is 6.00. The Morgan fingerprint density at radius 3 is 2.18 bits per heavy atom. The van der Waals surface area contributed by atoms with Crippen LogP contribution in [0.5, 0.6) is 0 Å². The van der Waals surface area contributed by atoms with Crippen LogP contribution in [-0.4, -0.2) is 12.0 Å². The summed E-state index contributed by atoms with van der Waals surface area (Å²) in [7, 11) is 0. The zero-order chi connectivity index (χ0) is 12.7. The van der Waals surface area contributed by atoms with Crippen molar-refractivity contribution in [2.45, 2.75) is 70.4 Å². The standard InChI is InChI=1S/C13H21F3O/c14-13(15,16)9-5-8-12(17)10-11-6-3-1-2-4-7-11/h11H,1-10H2. The van der Waals surface area contributed by atoms with Gasteiger partial charge in [-0.15, -0.1) is 0 Å². The summed E-state index contributed by atoms with van der Waals surface area (Å²) in [4.78, 5) is 11.5.